The molecule has 1 aromatic heterocycles. The molecule has 8 nitrogen and oxygen atoms in total. The van der Waals surface area contributed by atoms with Crippen molar-refractivity contribution in [3.05, 3.63) is 71.4 Å². The van der Waals surface area contributed by atoms with E-state index in [0.29, 0.717) is 23.1 Å². The minimum atomic E-state index is -4.68. The van der Waals surface area contributed by atoms with Crippen LogP contribution in [0.3, 0.4) is 0 Å². The van der Waals surface area contributed by atoms with Gasteiger partial charge in [-0.2, -0.15) is 18.2 Å². The van der Waals surface area contributed by atoms with E-state index in [9.17, 15) is 22.8 Å². The number of nitrogens with one attached hydrogen (secondary N) is 2. The molecule has 0 aliphatic heterocycles. The number of aromatic nitrogens is 2. The molecule has 0 radical (unpaired) electrons. The Morgan fingerprint density at radius 3 is 1.72 bits per heavy atom. The minimum absolute atomic E-state index is 0.0532. The average molecular weight is 502 g/mol. The lowest BCUT2D eigenvalue weighted by Gasteiger charge is -2.15. The van der Waals surface area contributed by atoms with Gasteiger partial charge in [-0.15, -0.1) is 0 Å². The van der Waals surface area contributed by atoms with Gasteiger partial charge in [0.1, 0.15) is 11.4 Å². The summed E-state index contributed by atoms with van der Waals surface area (Å²) >= 11 is 0. The van der Waals surface area contributed by atoms with E-state index < -0.39 is 23.5 Å². The summed E-state index contributed by atoms with van der Waals surface area (Å²) in [5.41, 5.74) is 1.22. The highest BCUT2D eigenvalue weighted by molar-refractivity contribution is 5.73. The van der Waals surface area contributed by atoms with Crippen LogP contribution in [-0.2, 0) is 38.1 Å². The molecule has 190 valence electrons. The first-order valence-corrected chi connectivity index (χ1v) is 11.1. The van der Waals surface area contributed by atoms with Gasteiger partial charge in [0.05, 0.1) is 26.1 Å². The predicted octanol–water partition coefficient (Wildman–Crippen LogP) is 5.19. The Hall–Kier alpha value is -4.15. The second-order valence-electron chi connectivity index (χ2n) is 7.56. The molecule has 0 amide bonds. The van der Waals surface area contributed by atoms with Gasteiger partial charge in [-0.1, -0.05) is 24.3 Å². The molecule has 0 saturated heterocycles. The summed E-state index contributed by atoms with van der Waals surface area (Å²) in [6.45, 7) is 3.98. The van der Waals surface area contributed by atoms with E-state index >= 15 is 0 Å². The molecule has 1 heterocycles. The molecule has 0 atom stereocenters. The summed E-state index contributed by atoms with van der Waals surface area (Å²) in [4.78, 5) is 31.0. The molecule has 0 aliphatic rings. The maximum absolute atomic E-state index is 13.6. The minimum Gasteiger partial charge on any atom is -0.466 e. The third-order valence-corrected chi connectivity index (χ3v) is 4.83. The second-order valence-corrected chi connectivity index (χ2v) is 7.56. The van der Waals surface area contributed by atoms with Crippen molar-refractivity contribution in [1.82, 2.24) is 9.97 Å². The van der Waals surface area contributed by atoms with Gasteiger partial charge in [0.15, 0.2) is 0 Å². The van der Waals surface area contributed by atoms with Crippen LogP contribution in [0, 0.1) is 0 Å². The van der Waals surface area contributed by atoms with Crippen LogP contribution < -0.4 is 10.6 Å². The van der Waals surface area contributed by atoms with Crippen molar-refractivity contribution >= 4 is 35.1 Å². The van der Waals surface area contributed by atoms with Crippen molar-refractivity contribution in [2.24, 2.45) is 0 Å². The molecule has 36 heavy (non-hydrogen) atoms. The van der Waals surface area contributed by atoms with Crippen LogP contribution in [0.4, 0.5) is 36.3 Å². The summed E-state index contributed by atoms with van der Waals surface area (Å²) < 4.78 is 50.5. The lowest BCUT2D eigenvalue weighted by atomic mass is 10.1. The van der Waals surface area contributed by atoms with Crippen molar-refractivity contribution in [3.63, 3.8) is 0 Å². The quantitative estimate of drug-likeness (QED) is 0.365. The van der Waals surface area contributed by atoms with E-state index in [4.69, 9.17) is 9.47 Å². The molecule has 0 spiro atoms. The number of hydrogen-bond donors (Lipinski definition) is 2. The number of carbonyl (C=O) groups excluding carboxylic acids is 2. The molecular formula is C25H25F3N4O4. The second kappa shape index (κ2) is 12.0. The third-order valence-electron chi connectivity index (χ3n) is 4.83. The number of esters is 2. The van der Waals surface area contributed by atoms with Gasteiger partial charge in [0, 0.05) is 17.6 Å². The lowest BCUT2D eigenvalue weighted by Crippen LogP contribution is -2.13. The molecule has 2 aromatic carbocycles. The van der Waals surface area contributed by atoms with Crippen LogP contribution >= 0.6 is 0 Å². The van der Waals surface area contributed by atoms with Gasteiger partial charge in [-0.05, 0) is 49.2 Å². The average Bonchev–Trinajstić information content (AvgIpc) is 2.81. The maximum atomic E-state index is 13.6. The molecule has 3 rings (SSSR count). The summed E-state index contributed by atoms with van der Waals surface area (Å²) in [6.07, 6.45) is -3.82. The van der Waals surface area contributed by atoms with Gasteiger partial charge in [-0.25, -0.2) is 4.98 Å². The van der Waals surface area contributed by atoms with Gasteiger partial charge in [0.2, 0.25) is 5.95 Å². The van der Waals surface area contributed by atoms with Crippen LogP contribution in [0.15, 0.2) is 54.7 Å². The van der Waals surface area contributed by atoms with Crippen LogP contribution in [0.5, 0.6) is 0 Å². The normalized spacial score (nSPS) is 11.0. The maximum Gasteiger partial charge on any atom is 0.421 e. The predicted molar refractivity (Wildman–Crippen MR) is 127 cm³/mol. The smallest absolute Gasteiger partial charge is 0.421 e. The summed E-state index contributed by atoms with van der Waals surface area (Å²) in [7, 11) is 0. The first kappa shape index (κ1) is 26.5. The summed E-state index contributed by atoms with van der Waals surface area (Å²) in [5, 5.41) is 5.53. The van der Waals surface area contributed by atoms with Crippen molar-refractivity contribution < 1.29 is 32.2 Å². The number of nitrogens with zero attached hydrogens (tertiary/aromatic N) is 2. The lowest BCUT2D eigenvalue weighted by molar-refractivity contribution is -0.143. The van der Waals surface area contributed by atoms with Crippen LogP contribution in [0.1, 0.15) is 30.5 Å². The highest BCUT2D eigenvalue weighted by atomic mass is 19.4. The van der Waals surface area contributed by atoms with Gasteiger partial charge in [-0.3, -0.25) is 9.59 Å². The number of anilines is 4. The van der Waals surface area contributed by atoms with Gasteiger partial charge in [0.25, 0.3) is 0 Å². The number of rotatable bonds is 10. The first-order chi connectivity index (χ1) is 17.2. The van der Waals surface area contributed by atoms with Crippen molar-refractivity contribution in [3.8, 4) is 0 Å². The fraction of sp³-hybridized carbons (Fsp3) is 0.280. The fourth-order valence-corrected chi connectivity index (χ4v) is 3.18. The van der Waals surface area contributed by atoms with Crippen molar-refractivity contribution in [1.29, 1.82) is 0 Å². The van der Waals surface area contributed by atoms with E-state index in [-0.39, 0.29) is 38.0 Å². The van der Waals surface area contributed by atoms with E-state index in [0.717, 1.165) is 5.56 Å². The Morgan fingerprint density at radius 2 is 1.28 bits per heavy atom. The zero-order valence-electron chi connectivity index (χ0n) is 19.7. The van der Waals surface area contributed by atoms with Gasteiger partial charge >= 0.3 is 18.1 Å². The van der Waals surface area contributed by atoms with E-state index in [1.54, 1.807) is 62.4 Å². The van der Waals surface area contributed by atoms with E-state index in [2.05, 4.69) is 20.6 Å². The van der Waals surface area contributed by atoms with Crippen molar-refractivity contribution in [2.75, 3.05) is 23.8 Å². The number of hydrogen-bond acceptors (Lipinski definition) is 8. The number of carbonyl (C=O) groups is 2. The highest BCUT2D eigenvalue weighted by Crippen LogP contribution is 2.35. The highest BCUT2D eigenvalue weighted by Gasteiger charge is 2.35. The Balaban J connectivity index is 1.76. The Labute approximate surface area is 205 Å². The zero-order valence-corrected chi connectivity index (χ0v) is 19.7. The molecule has 3 aromatic rings. The molecule has 0 aliphatic carbocycles. The summed E-state index contributed by atoms with van der Waals surface area (Å²) in [5.74, 6) is -1.23. The number of ether oxygens (including phenoxy) is 2. The Bertz CT molecular complexity index is 1180. The van der Waals surface area contributed by atoms with Crippen molar-refractivity contribution in [2.45, 2.75) is 32.9 Å². The van der Waals surface area contributed by atoms with Gasteiger partial charge < -0.3 is 20.1 Å². The zero-order chi connectivity index (χ0) is 26.1. The van der Waals surface area contributed by atoms with E-state index in [1.165, 1.54) is 0 Å². The monoisotopic (exact) mass is 502 g/mol. The third kappa shape index (κ3) is 7.69. The first-order valence-electron chi connectivity index (χ1n) is 11.1. The number of alkyl halides is 3. The van der Waals surface area contributed by atoms with Crippen LogP contribution in [0.2, 0.25) is 0 Å². The fourth-order valence-electron chi connectivity index (χ4n) is 3.18. The molecular weight excluding hydrogens is 477 g/mol. The SMILES string of the molecule is CCOC(=O)Cc1ccc(Nc2ncc(C(F)(F)F)c(Nc3ccc(CC(=O)OCC)cc3)n2)cc1. The summed E-state index contributed by atoms with van der Waals surface area (Å²) in [6, 6.07) is 13.0. The number of halogens is 3. The standard InChI is InChI=1S/C25H25F3N4O4/c1-3-35-21(33)13-16-5-9-18(10-6-16)30-23-20(25(26,27)28)15-29-24(32-23)31-19-11-7-17(8-12-19)14-22(34)36-4-2/h5-12,15H,3-4,13-14H2,1-2H3,(H2,29,30,31,32). The van der Waals surface area contributed by atoms with Crippen LogP contribution in [-0.4, -0.2) is 35.1 Å². The number of benzene rings is 2. The molecule has 0 saturated carbocycles. The Morgan fingerprint density at radius 1 is 0.806 bits per heavy atom. The van der Waals surface area contributed by atoms with Crippen LogP contribution in [0.25, 0.3) is 0 Å². The molecule has 0 unspecified atom stereocenters. The molecule has 2 N–H and O–H groups in total. The largest absolute Gasteiger partial charge is 0.466 e. The Kier molecular flexibility index (Phi) is 8.82. The topological polar surface area (TPSA) is 102 Å². The molecule has 0 fully saturated rings. The molecule has 11 heteroatoms. The molecule has 0 bridgehead atoms. The van der Waals surface area contributed by atoms with E-state index in [1.807, 2.05) is 0 Å².